The molecule has 0 aliphatic heterocycles. The number of hydrogen-bond donors (Lipinski definition) is 1. The first-order valence-corrected chi connectivity index (χ1v) is 6.76. The molecule has 1 rings (SSSR count). The summed E-state index contributed by atoms with van der Waals surface area (Å²) in [7, 11) is 0. The van der Waals surface area contributed by atoms with Crippen LogP contribution < -0.4 is 0 Å². The summed E-state index contributed by atoms with van der Waals surface area (Å²) in [6.45, 7) is 2.00. The van der Waals surface area contributed by atoms with E-state index < -0.39 is 5.97 Å². The Morgan fingerprint density at radius 3 is 2.65 bits per heavy atom. The third-order valence-electron chi connectivity index (χ3n) is 2.12. The summed E-state index contributed by atoms with van der Waals surface area (Å²) in [5, 5.41) is 0.566. The van der Waals surface area contributed by atoms with Crippen molar-refractivity contribution in [2.75, 3.05) is 11.9 Å². The van der Waals surface area contributed by atoms with Gasteiger partial charge in [-0.05, 0) is 25.1 Å². The van der Waals surface area contributed by atoms with Crippen LogP contribution in [-0.4, -0.2) is 23.7 Å². The molecule has 0 amide bonds. The minimum atomic E-state index is -0.485. The average Bonchev–Trinajstić information content (AvgIpc) is 2.29. The van der Waals surface area contributed by atoms with Crippen LogP contribution in [0.3, 0.4) is 0 Å². The van der Waals surface area contributed by atoms with E-state index in [-0.39, 0.29) is 18.0 Å². The predicted molar refractivity (Wildman–Crippen MR) is 72.4 cm³/mol. The van der Waals surface area contributed by atoms with E-state index >= 15 is 0 Å². The average molecular weight is 317 g/mol. The Bertz CT molecular complexity index is 432. The molecule has 0 bridgehead atoms. The van der Waals surface area contributed by atoms with E-state index in [1.807, 2.05) is 0 Å². The first-order chi connectivity index (χ1) is 8.10. The van der Waals surface area contributed by atoms with Gasteiger partial charge in [0, 0.05) is 22.2 Å². The minimum Gasteiger partial charge on any atom is -0.462 e. The molecule has 0 heterocycles. The van der Waals surface area contributed by atoms with Gasteiger partial charge in [0.05, 0.1) is 12.2 Å². The number of halogens is 1. The Kier molecular flexibility index (Phi) is 5.71. The Hall–Kier alpha value is -0.810. The first-order valence-electron chi connectivity index (χ1n) is 5.19. The van der Waals surface area contributed by atoms with Crippen molar-refractivity contribution < 1.29 is 14.3 Å². The fourth-order valence-corrected chi connectivity index (χ4v) is 1.94. The first kappa shape index (κ1) is 14.3. The molecule has 0 atom stereocenters. The van der Waals surface area contributed by atoms with Crippen LogP contribution >= 0.6 is 28.6 Å². The van der Waals surface area contributed by atoms with Gasteiger partial charge in [0.15, 0.2) is 5.78 Å². The molecule has 0 unspecified atom stereocenters. The summed E-state index contributed by atoms with van der Waals surface area (Å²) in [5.41, 5.74) is 0.672. The van der Waals surface area contributed by atoms with Gasteiger partial charge in [-0.2, -0.15) is 0 Å². The largest absolute Gasteiger partial charge is 0.462 e. The van der Waals surface area contributed by atoms with Crippen molar-refractivity contribution in [3.63, 3.8) is 0 Å². The highest BCUT2D eigenvalue weighted by Crippen LogP contribution is 2.18. The van der Waals surface area contributed by atoms with E-state index in [2.05, 4.69) is 28.6 Å². The molecule has 3 nitrogen and oxygen atoms in total. The number of hydrogen-bond acceptors (Lipinski definition) is 4. The molecule has 17 heavy (non-hydrogen) atoms. The number of ketones is 1. The molecule has 0 radical (unpaired) electrons. The number of benzene rings is 1. The molecule has 0 spiro atoms. The van der Waals surface area contributed by atoms with Crippen molar-refractivity contribution in [2.45, 2.75) is 18.2 Å². The van der Waals surface area contributed by atoms with Crippen molar-refractivity contribution in [3.8, 4) is 0 Å². The fraction of sp³-hybridized carbons (Fsp3) is 0.333. The van der Waals surface area contributed by atoms with Crippen molar-refractivity contribution in [3.05, 3.63) is 29.3 Å². The highest BCUT2D eigenvalue weighted by molar-refractivity contribution is 9.09. The van der Waals surface area contributed by atoms with E-state index in [1.54, 1.807) is 25.1 Å². The predicted octanol–water partition coefficient (Wildman–Crippen LogP) is 3.12. The molecule has 1 aromatic rings. The normalized spacial score (nSPS) is 10.1. The number of thiol groups is 1. The lowest BCUT2D eigenvalue weighted by Gasteiger charge is -2.08. The second kappa shape index (κ2) is 6.81. The zero-order valence-electron chi connectivity index (χ0n) is 9.40. The number of alkyl halides is 1. The van der Waals surface area contributed by atoms with E-state index in [0.29, 0.717) is 22.2 Å². The topological polar surface area (TPSA) is 43.4 Å². The molecule has 92 valence electrons. The van der Waals surface area contributed by atoms with Gasteiger partial charge in [0.25, 0.3) is 0 Å². The molecular weight excluding hydrogens is 304 g/mol. The fourth-order valence-electron chi connectivity index (χ4n) is 1.37. The SMILES string of the molecule is CCOC(=O)c1cc(S)ccc1C(=O)CCBr. The van der Waals surface area contributed by atoms with Crippen LogP contribution in [0.5, 0.6) is 0 Å². The van der Waals surface area contributed by atoms with E-state index in [4.69, 9.17) is 4.74 Å². The number of esters is 1. The van der Waals surface area contributed by atoms with Crippen LogP contribution in [0.4, 0.5) is 0 Å². The smallest absolute Gasteiger partial charge is 0.338 e. The third-order valence-corrected chi connectivity index (χ3v) is 2.80. The zero-order valence-corrected chi connectivity index (χ0v) is 11.9. The maximum atomic E-state index is 11.8. The summed E-state index contributed by atoms with van der Waals surface area (Å²) in [6.07, 6.45) is 0.346. The minimum absolute atomic E-state index is 0.0849. The second-order valence-electron chi connectivity index (χ2n) is 3.31. The van der Waals surface area contributed by atoms with Gasteiger partial charge in [0.2, 0.25) is 0 Å². The molecule has 1 aromatic carbocycles. The van der Waals surface area contributed by atoms with Gasteiger partial charge in [-0.25, -0.2) is 4.79 Å². The number of carbonyl (C=O) groups excluding carboxylic acids is 2. The lowest BCUT2D eigenvalue weighted by molar-refractivity contribution is 0.0522. The molecule has 0 N–H and O–H groups in total. The van der Waals surface area contributed by atoms with Gasteiger partial charge in [0.1, 0.15) is 0 Å². The lowest BCUT2D eigenvalue weighted by Crippen LogP contribution is -2.12. The third kappa shape index (κ3) is 3.85. The molecule has 0 aliphatic carbocycles. The molecule has 0 aromatic heterocycles. The maximum absolute atomic E-state index is 11.8. The van der Waals surface area contributed by atoms with Crippen molar-refractivity contribution in [1.29, 1.82) is 0 Å². The molecule has 5 heteroatoms. The number of Topliss-reactive ketones (excluding diaryl/α,β-unsaturated/α-hetero) is 1. The summed E-state index contributed by atoms with van der Waals surface area (Å²) < 4.78 is 4.92. The molecule has 0 saturated carbocycles. The summed E-state index contributed by atoms with van der Waals surface area (Å²) in [4.78, 5) is 24.2. The van der Waals surface area contributed by atoms with Gasteiger partial charge < -0.3 is 4.74 Å². The monoisotopic (exact) mass is 316 g/mol. The Balaban J connectivity index is 3.11. The maximum Gasteiger partial charge on any atom is 0.338 e. The van der Waals surface area contributed by atoms with Crippen LogP contribution in [0.1, 0.15) is 34.1 Å². The standard InChI is InChI=1S/C12H13BrO3S/c1-2-16-12(15)10-7-8(17)3-4-9(10)11(14)5-6-13/h3-4,7,17H,2,5-6H2,1H3. The summed E-state index contributed by atoms with van der Waals surface area (Å²) in [5.74, 6) is -0.570. The summed E-state index contributed by atoms with van der Waals surface area (Å²) >= 11 is 7.36. The highest BCUT2D eigenvalue weighted by Gasteiger charge is 2.17. The molecular formula is C12H13BrO3S. The highest BCUT2D eigenvalue weighted by atomic mass is 79.9. The Morgan fingerprint density at radius 1 is 1.35 bits per heavy atom. The summed E-state index contributed by atoms with van der Waals surface area (Å²) in [6, 6.07) is 4.86. The van der Waals surface area contributed by atoms with Gasteiger partial charge >= 0.3 is 5.97 Å². The van der Waals surface area contributed by atoms with E-state index in [9.17, 15) is 9.59 Å². The van der Waals surface area contributed by atoms with Gasteiger partial charge in [-0.1, -0.05) is 15.9 Å². The molecule has 0 saturated heterocycles. The van der Waals surface area contributed by atoms with Crippen LogP contribution in [0, 0.1) is 0 Å². The Labute approximate surface area is 114 Å². The van der Waals surface area contributed by atoms with Gasteiger partial charge in [-0.15, -0.1) is 12.6 Å². The van der Waals surface area contributed by atoms with E-state index in [0.717, 1.165) is 0 Å². The zero-order chi connectivity index (χ0) is 12.8. The second-order valence-corrected chi connectivity index (χ2v) is 4.62. The number of ether oxygens (including phenoxy) is 1. The number of rotatable bonds is 5. The molecule has 0 aliphatic rings. The lowest BCUT2D eigenvalue weighted by atomic mass is 10.0. The number of carbonyl (C=O) groups is 2. The van der Waals surface area contributed by atoms with Crippen LogP contribution in [0.2, 0.25) is 0 Å². The van der Waals surface area contributed by atoms with Gasteiger partial charge in [-0.3, -0.25) is 4.79 Å². The molecule has 0 fully saturated rings. The van der Waals surface area contributed by atoms with Crippen LogP contribution in [-0.2, 0) is 4.74 Å². The van der Waals surface area contributed by atoms with Crippen molar-refractivity contribution in [2.24, 2.45) is 0 Å². The van der Waals surface area contributed by atoms with Crippen molar-refractivity contribution in [1.82, 2.24) is 0 Å². The Morgan fingerprint density at radius 2 is 2.06 bits per heavy atom. The van der Waals surface area contributed by atoms with Crippen LogP contribution in [0.15, 0.2) is 23.1 Å². The van der Waals surface area contributed by atoms with E-state index in [1.165, 1.54) is 0 Å². The quantitative estimate of drug-likeness (QED) is 0.393. The van der Waals surface area contributed by atoms with Crippen LogP contribution in [0.25, 0.3) is 0 Å². The van der Waals surface area contributed by atoms with Crippen molar-refractivity contribution >= 4 is 40.3 Å².